The van der Waals surface area contributed by atoms with E-state index in [9.17, 15) is 9.59 Å². The summed E-state index contributed by atoms with van der Waals surface area (Å²) in [6.45, 7) is 6.55. The summed E-state index contributed by atoms with van der Waals surface area (Å²) in [6.07, 6.45) is 3.28. The maximum absolute atomic E-state index is 12.2. The van der Waals surface area contributed by atoms with E-state index in [1.807, 2.05) is 20.8 Å². The van der Waals surface area contributed by atoms with E-state index in [1.165, 1.54) is 0 Å². The van der Waals surface area contributed by atoms with Gasteiger partial charge in [-0.1, -0.05) is 13.8 Å². The summed E-state index contributed by atoms with van der Waals surface area (Å²) in [6, 6.07) is -0.793. The van der Waals surface area contributed by atoms with Crippen LogP contribution in [0, 0.1) is 5.92 Å². The number of carboxylic acid groups (broad SMARTS) is 1. The van der Waals surface area contributed by atoms with Gasteiger partial charge < -0.3 is 15.7 Å². The second-order valence-corrected chi connectivity index (χ2v) is 5.71. The molecule has 1 saturated heterocycles. The molecule has 0 aromatic rings. The SMILES string of the molecule is CC(C)C[C@H](NC(=O)C1(C)CCCCN1)C(=O)O. The average Bonchev–Trinajstić information content (AvgIpc) is 2.28. The first-order chi connectivity index (χ1) is 8.35. The van der Waals surface area contributed by atoms with Crippen molar-refractivity contribution >= 4 is 11.9 Å². The minimum atomic E-state index is -0.962. The van der Waals surface area contributed by atoms with Crippen LogP contribution in [0.4, 0.5) is 0 Å². The predicted molar refractivity (Wildman–Crippen MR) is 69.3 cm³/mol. The number of hydrogen-bond donors (Lipinski definition) is 3. The predicted octanol–water partition coefficient (Wildman–Crippen LogP) is 1.13. The molecule has 1 aliphatic heterocycles. The smallest absolute Gasteiger partial charge is 0.326 e. The highest BCUT2D eigenvalue weighted by Crippen LogP contribution is 2.19. The van der Waals surface area contributed by atoms with Gasteiger partial charge in [0.05, 0.1) is 5.54 Å². The lowest BCUT2D eigenvalue weighted by atomic mass is 9.89. The third kappa shape index (κ3) is 3.98. The van der Waals surface area contributed by atoms with Gasteiger partial charge in [-0.25, -0.2) is 4.79 Å². The van der Waals surface area contributed by atoms with Crippen LogP contribution in [0.2, 0.25) is 0 Å². The van der Waals surface area contributed by atoms with E-state index >= 15 is 0 Å². The van der Waals surface area contributed by atoms with Crippen molar-refractivity contribution in [2.24, 2.45) is 5.92 Å². The third-order valence-electron chi connectivity index (χ3n) is 3.43. The number of carboxylic acids is 1. The number of carbonyl (C=O) groups excluding carboxylic acids is 1. The summed E-state index contributed by atoms with van der Waals surface area (Å²) in [5.41, 5.74) is -0.622. The average molecular weight is 256 g/mol. The van der Waals surface area contributed by atoms with E-state index in [2.05, 4.69) is 10.6 Å². The van der Waals surface area contributed by atoms with Gasteiger partial charge in [0.1, 0.15) is 6.04 Å². The number of rotatable bonds is 5. The monoisotopic (exact) mass is 256 g/mol. The van der Waals surface area contributed by atoms with E-state index in [-0.39, 0.29) is 11.8 Å². The first kappa shape index (κ1) is 15.0. The maximum atomic E-state index is 12.2. The van der Waals surface area contributed by atoms with Crippen LogP contribution in [0.25, 0.3) is 0 Å². The zero-order valence-electron chi connectivity index (χ0n) is 11.5. The highest BCUT2D eigenvalue weighted by atomic mass is 16.4. The van der Waals surface area contributed by atoms with Gasteiger partial charge in [-0.2, -0.15) is 0 Å². The third-order valence-corrected chi connectivity index (χ3v) is 3.43. The second-order valence-electron chi connectivity index (χ2n) is 5.71. The molecule has 104 valence electrons. The van der Waals surface area contributed by atoms with E-state index < -0.39 is 17.6 Å². The minimum absolute atomic E-state index is 0.199. The molecule has 0 aromatic heterocycles. The van der Waals surface area contributed by atoms with Crippen LogP contribution in [0.1, 0.15) is 46.5 Å². The molecule has 18 heavy (non-hydrogen) atoms. The fourth-order valence-corrected chi connectivity index (χ4v) is 2.26. The molecule has 0 bridgehead atoms. The Hall–Kier alpha value is -1.10. The van der Waals surface area contributed by atoms with Crippen LogP contribution in [-0.2, 0) is 9.59 Å². The zero-order valence-corrected chi connectivity index (χ0v) is 11.5. The quantitative estimate of drug-likeness (QED) is 0.689. The molecule has 0 aliphatic carbocycles. The Bertz CT molecular complexity index is 309. The molecule has 1 fully saturated rings. The Balaban J connectivity index is 2.62. The lowest BCUT2D eigenvalue weighted by Crippen LogP contribution is -2.59. The Kier molecular flexibility index (Phi) is 5.14. The minimum Gasteiger partial charge on any atom is -0.480 e. The van der Waals surface area contributed by atoms with Crippen LogP contribution in [0.15, 0.2) is 0 Å². The van der Waals surface area contributed by atoms with Crippen LogP contribution in [-0.4, -0.2) is 35.1 Å². The van der Waals surface area contributed by atoms with Gasteiger partial charge in [-0.15, -0.1) is 0 Å². The molecule has 1 heterocycles. The molecular weight excluding hydrogens is 232 g/mol. The van der Waals surface area contributed by atoms with Crippen molar-refractivity contribution in [3.8, 4) is 0 Å². The first-order valence-electron chi connectivity index (χ1n) is 6.64. The van der Waals surface area contributed by atoms with Crippen LogP contribution in [0.5, 0.6) is 0 Å². The highest BCUT2D eigenvalue weighted by molar-refractivity contribution is 5.89. The normalized spacial score (nSPS) is 25.8. The number of piperidine rings is 1. The van der Waals surface area contributed by atoms with Crippen LogP contribution >= 0.6 is 0 Å². The fourth-order valence-electron chi connectivity index (χ4n) is 2.26. The van der Waals surface area contributed by atoms with E-state index in [1.54, 1.807) is 0 Å². The van der Waals surface area contributed by atoms with Crippen molar-refractivity contribution in [2.75, 3.05) is 6.54 Å². The standard InChI is InChI=1S/C13H24N2O3/c1-9(2)8-10(11(16)17)15-12(18)13(3)6-4-5-7-14-13/h9-10,14H,4-8H2,1-3H3,(H,15,18)(H,16,17)/t10-,13?/m0/s1. The molecular formula is C13H24N2O3. The number of hydrogen-bond acceptors (Lipinski definition) is 3. The molecule has 0 saturated carbocycles. The lowest BCUT2D eigenvalue weighted by Gasteiger charge is -2.34. The highest BCUT2D eigenvalue weighted by Gasteiger charge is 2.36. The van der Waals surface area contributed by atoms with Gasteiger partial charge in [0.15, 0.2) is 0 Å². The molecule has 1 aliphatic rings. The van der Waals surface area contributed by atoms with Crippen molar-refractivity contribution in [1.29, 1.82) is 0 Å². The van der Waals surface area contributed by atoms with Crippen molar-refractivity contribution in [3.05, 3.63) is 0 Å². The number of aliphatic carboxylic acids is 1. The summed E-state index contributed by atoms with van der Waals surface area (Å²) >= 11 is 0. The van der Waals surface area contributed by atoms with Crippen molar-refractivity contribution in [1.82, 2.24) is 10.6 Å². The van der Waals surface area contributed by atoms with Gasteiger partial charge in [-0.05, 0) is 45.1 Å². The van der Waals surface area contributed by atoms with Crippen molar-refractivity contribution in [3.63, 3.8) is 0 Å². The number of carbonyl (C=O) groups is 2. The molecule has 1 unspecified atom stereocenters. The molecule has 1 amide bonds. The summed E-state index contributed by atoms with van der Waals surface area (Å²) in [5, 5.41) is 15.0. The Morgan fingerprint density at radius 3 is 2.50 bits per heavy atom. The number of amides is 1. The van der Waals surface area contributed by atoms with Gasteiger partial charge in [0.25, 0.3) is 0 Å². The molecule has 2 atom stereocenters. The molecule has 0 spiro atoms. The van der Waals surface area contributed by atoms with Gasteiger partial charge in [-0.3, -0.25) is 4.79 Å². The first-order valence-corrected chi connectivity index (χ1v) is 6.64. The zero-order chi connectivity index (χ0) is 13.8. The van der Waals surface area contributed by atoms with Gasteiger partial charge in [0, 0.05) is 0 Å². The van der Waals surface area contributed by atoms with E-state index in [4.69, 9.17) is 5.11 Å². The maximum Gasteiger partial charge on any atom is 0.326 e. The van der Waals surface area contributed by atoms with E-state index in [0.29, 0.717) is 6.42 Å². The fraction of sp³-hybridized carbons (Fsp3) is 0.846. The summed E-state index contributed by atoms with van der Waals surface area (Å²) in [7, 11) is 0. The van der Waals surface area contributed by atoms with Gasteiger partial charge in [0.2, 0.25) is 5.91 Å². The number of nitrogens with one attached hydrogen (secondary N) is 2. The van der Waals surface area contributed by atoms with Crippen molar-refractivity contribution < 1.29 is 14.7 Å². The molecule has 1 rings (SSSR count). The van der Waals surface area contributed by atoms with Crippen LogP contribution < -0.4 is 10.6 Å². The molecule has 0 aromatic carbocycles. The molecule has 3 N–H and O–H groups in total. The Morgan fingerprint density at radius 2 is 2.06 bits per heavy atom. The van der Waals surface area contributed by atoms with E-state index in [0.717, 1.165) is 25.8 Å². The molecule has 5 heteroatoms. The Morgan fingerprint density at radius 1 is 1.39 bits per heavy atom. The van der Waals surface area contributed by atoms with Gasteiger partial charge >= 0.3 is 5.97 Å². The van der Waals surface area contributed by atoms with Crippen LogP contribution in [0.3, 0.4) is 0 Å². The topological polar surface area (TPSA) is 78.4 Å². The molecule has 5 nitrogen and oxygen atoms in total. The van der Waals surface area contributed by atoms with Crippen molar-refractivity contribution in [2.45, 2.75) is 58.0 Å². The molecule has 0 radical (unpaired) electrons. The lowest BCUT2D eigenvalue weighted by molar-refractivity contribution is -0.143. The Labute approximate surface area is 108 Å². The summed E-state index contributed by atoms with van der Waals surface area (Å²) in [4.78, 5) is 23.3. The summed E-state index contributed by atoms with van der Waals surface area (Å²) < 4.78 is 0. The summed E-state index contributed by atoms with van der Waals surface area (Å²) in [5.74, 6) is -0.926. The largest absolute Gasteiger partial charge is 0.480 e. The second kappa shape index (κ2) is 6.18.